The minimum Gasteiger partial charge on any atom is -0.548 e. The number of carboxylic acids is 1. The van der Waals surface area contributed by atoms with Crippen molar-refractivity contribution in [1.29, 1.82) is 0 Å². The van der Waals surface area contributed by atoms with Gasteiger partial charge in [0.05, 0.1) is 23.6 Å². The number of aliphatic carboxylic acids is 1. The van der Waals surface area contributed by atoms with E-state index in [9.17, 15) is 19.5 Å². The molecule has 1 aliphatic rings. The number of carbonyl (C=O) groups excluding carboxylic acids is 3. The number of rotatable bonds is 2. The lowest BCUT2D eigenvalue weighted by Gasteiger charge is -2.13. The maximum absolute atomic E-state index is 11.6. The van der Waals surface area contributed by atoms with Crippen LogP contribution in [0.4, 0.5) is 0 Å². The Bertz CT molecular complexity index is 585. The highest BCUT2D eigenvalue weighted by molar-refractivity contribution is 6.22. The average Bonchev–Trinajstić information content (AvgIpc) is 3.08. The van der Waals surface area contributed by atoms with Crippen LogP contribution in [0.3, 0.4) is 0 Å². The van der Waals surface area contributed by atoms with E-state index in [1.54, 1.807) is 18.5 Å². The van der Waals surface area contributed by atoms with Crippen molar-refractivity contribution in [2.45, 2.75) is 0 Å². The van der Waals surface area contributed by atoms with Crippen molar-refractivity contribution < 1.29 is 24.5 Å². The molecule has 7 nitrogen and oxygen atoms in total. The summed E-state index contributed by atoms with van der Waals surface area (Å²) in [6.07, 6.45) is 5.39. The predicted molar refractivity (Wildman–Crippen MR) is 64.2 cm³/mol. The third kappa shape index (κ3) is 2.72. The Hall–Kier alpha value is -2.96. The van der Waals surface area contributed by atoms with Gasteiger partial charge in [-0.15, -0.1) is 0 Å². The van der Waals surface area contributed by atoms with Crippen molar-refractivity contribution in [3.05, 3.63) is 54.1 Å². The molecule has 3 rings (SSSR count). The molecule has 0 saturated carbocycles. The molecule has 0 aliphatic carbocycles. The first-order valence-corrected chi connectivity index (χ1v) is 5.75. The summed E-state index contributed by atoms with van der Waals surface area (Å²) in [6.45, 7) is -0.702. The van der Waals surface area contributed by atoms with Crippen LogP contribution >= 0.6 is 0 Å². The molecular formula is C13H11N3O4. The molecule has 7 heteroatoms. The van der Waals surface area contributed by atoms with Crippen LogP contribution in [0.5, 0.6) is 0 Å². The van der Waals surface area contributed by atoms with Crippen molar-refractivity contribution in [2.24, 2.45) is 0 Å². The first-order valence-electron chi connectivity index (χ1n) is 5.75. The molecule has 0 radical (unpaired) electrons. The Morgan fingerprint density at radius 1 is 1.20 bits per heavy atom. The number of amides is 2. The number of imidazole rings is 1. The quantitative estimate of drug-likeness (QED) is 0.698. The highest BCUT2D eigenvalue weighted by Gasteiger charge is 2.34. The van der Waals surface area contributed by atoms with Crippen LogP contribution in [0.25, 0.3) is 0 Å². The third-order valence-electron chi connectivity index (χ3n) is 2.61. The van der Waals surface area contributed by atoms with E-state index >= 15 is 0 Å². The largest absolute Gasteiger partial charge is 0.548 e. The lowest BCUT2D eigenvalue weighted by molar-refractivity contribution is -0.375. The van der Waals surface area contributed by atoms with Crippen molar-refractivity contribution in [3.8, 4) is 0 Å². The summed E-state index contributed by atoms with van der Waals surface area (Å²) in [6, 6.07) is 6.22. The molecule has 0 bridgehead atoms. The molecule has 0 saturated heterocycles. The topological polar surface area (TPSA) is 107 Å². The van der Waals surface area contributed by atoms with Gasteiger partial charge in [0, 0.05) is 0 Å². The number of nitrogens with zero attached hydrogens (tertiary/aromatic N) is 1. The first-order chi connectivity index (χ1) is 9.61. The van der Waals surface area contributed by atoms with Crippen molar-refractivity contribution in [2.75, 3.05) is 6.54 Å². The van der Waals surface area contributed by atoms with Crippen molar-refractivity contribution in [1.82, 2.24) is 9.88 Å². The summed E-state index contributed by atoms with van der Waals surface area (Å²) in [4.78, 5) is 39.7. The second-order valence-electron chi connectivity index (χ2n) is 3.93. The van der Waals surface area contributed by atoms with E-state index in [-0.39, 0.29) is 11.1 Å². The fourth-order valence-electron chi connectivity index (χ4n) is 1.75. The first kappa shape index (κ1) is 13.5. The van der Waals surface area contributed by atoms with E-state index in [0.29, 0.717) is 4.90 Å². The third-order valence-corrected chi connectivity index (χ3v) is 2.61. The second-order valence-corrected chi connectivity index (χ2v) is 3.93. The Labute approximate surface area is 113 Å². The maximum atomic E-state index is 11.6. The van der Waals surface area contributed by atoms with Crippen LogP contribution in [0.2, 0.25) is 0 Å². The number of aromatic nitrogens is 2. The Kier molecular flexibility index (Phi) is 3.90. The molecule has 2 amide bonds. The molecule has 1 aliphatic heterocycles. The summed E-state index contributed by atoms with van der Waals surface area (Å²) >= 11 is 0. The molecule has 2 aromatic rings. The summed E-state index contributed by atoms with van der Waals surface area (Å²) in [5.74, 6) is -2.62. The summed E-state index contributed by atoms with van der Waals surface area (Å²) in [7, 11) is 0. The van der Waals surface area contributed by atoms with Crippen LogP contribution in [0.15, 0.2) is 43.0 Å². The van der Waals surface area contributed by atoms with E-state index in [4.69, 9.17) is 0 Å². The van der Waals surface area contributed by atoms with Gasteiger partial charge >= 0.3 is 0 Å². The number of carboxylic acid groups (broad SMARTS) is 1. The number of carbonyl (C=O) groups is 3. The zero-order valence-electron chi connectivity index (χ0n) is 10.3. The van der Waals surface area contributed by atoms with Crippen molar-refractivity contribution >= 4 is 17.8 Å². The SMILES string of the molecule is O=C([O-])CN1C(=O)c2ccccc2C1=O.c1c[nH+]c[nH]1. The van der Waals surface area contributed by atoms with Crippen LogP contribution in [0.1, 0.15) is 20.7 Å². The van der Waals surface area contributed by atoms with E-state index in [1.165, 1.54) is 12.1 Å². The average molecular weight is 273 g/mol. The minimum absolute atomic E-state index is 0.240. The molecule has 2 N–H and O–H groups in total. The number of aromatic amines is 2. The number of hydrogen-bond donors (Lipinski definition) is 1. The lowest BCUT2D eigenvalue weighted by atomic mass is 10.1. The normalized spacial score (nSPS) is 12.7. The summed E-state index contributed by atoms with van der Waals surface area (Å²) < 4.78 is 0. The van der Waals surface area contributed by atoms with Crippen LogP contribution in [0, 0.1) is 0 Å². The number of H-pyrrole nitrogens is 2. The lowest BCUT2D eigenvalue weighted by Crippen LogP contribution is -2.41. The van der Waals surface area contributed by atoms with E-state index < -0.39 is 24.3 Å². The molecule has 0 fully saturated rings. The van der Waals surface area contributed by atoms with Gasteiger partial charge in [-0.1, -0.05) is 12.1 Å². The summed E-state index contributed by atoms with van der Waals surface area (Å²) in [5, 5.41) is 10.3. The van der Waals surface area contributed by atoms with Gasteiger partial charge in [0.15, 0.2) is 0 Å². The van der Waals surface area contributed by atoms with Gasteiger partial charge in [0.2, 0.25) is 6.33 Å². The maximum Gasteiger partial charge on any atom is 0.261 e. The molecule has 2 heterocycles. The number of imide groups is 1. The number of fused-ring (bicyclic) bond motifs is 1. The molecule has 0 atom stereocenters. The highest BCUT2D eigenvalue weighted by atomic mass is 16.4. The zero-order valence-corrected chi connectivity index (χ0v) is 10.3. The zero-order chi connectivity index (χ0) is 14.5. The monoisotopic (exact) mass is 273 g/mol. The van der Waals surface area contributed by atoms with Gasteiger partial charge in [-0.2, -0.15) is 0 Å². The van der Waals surface area contributed by atoms with Crippen LogP contribution < -0.4 is 10.1 Å². The van der Waals surface area contributed by atoms with Gasteiger partial charge in [0.1, 0.15) is 12.4 Å². The number of benzene rings is 1. The predicted octanol–water partition coefficient (Wildman–Crippen LogP) is -1.14. The van der Waals surface area contributed by atoms with Gasteiger partial charge in [-0.3, -0.25) is 24.5 Å². The summed E-state index contributed by atoms with van der Waals surface area (Å²) in [5.41, 5.74) is 0.479. The highest BCUT2D eigenvalue weighted by Crippen LogP contribution is 2.21. The van der Waals surface area contributed by atoms with Crippen molar-refractivity contribution in [3.63, 3.8) is 0 Å². The Morgan fingerprint density at radius 3 is 2.15 bits per heavy atom. The van der Waals surface area contributed by atoms with E-state index in [2.05, 4.69) is 9.97 Å². The smallest absolute Gasteiger partial charge is 0.261 e. The molecular weight excluding hydrogens is 262 g/mol. The van der Waals surface area contributed by atoms with Crippen LogP contribution in [-0.2, 0) is 4.79 Å². The Balaban J connectivity index is 0.000000247. The fraction of sp³-hybridized carbons (Fsp3) is 0.0769. The standard InChI is InChI=1S/C10H7NO4.C3H4N2/c12-8(13)5-11-9(14)6-3-1-2-4-7(6)10(11)15;1-2-5-3-4-1/h1-4H,5H2,(H,12,13);1-3H,(H,4,5). The molecule has 102 valence electrons. The van der Waals surface area contributed by atoms with E-state index in [1.807, 2.05) is 12.4 Å². The molecule has 0 spiro atoms. The van der Waals surface area contributed by atoms with Gasteiger partial charge in [-0.05, 0) is 12.1 Å². The Morgan fingerprint density at radius 2 is 1.80 bits per heavy atom. The minimum atomic E-state index is -1.45. The van der Waals surface area contributed by atoms with Gasteiger partial charge in [0.25, 0.3) is 11.8 Å². The molecule has 0 unspecified atom stereocenters. The molecule has 1 aromatic heterocycles. The second kappa shape index (κ2) is 5.79. The molecule has 1 aromatic carbocycles. The van der Waals surface area contributed by atoms with Crippen LogP contribution in [-0.4, -0.2) is 34.2 Å². The van der Waals surface area contributed by atoms with Gasteiger partial charge in [-0.25, -0.2) is 0 Å². The molecule has 20 heavy (non-hydrogen) atoms. The fourth-order valence-corrected chi connectivity index (χ4v) is 1.75. The number of nitrogens with one attached hydrogen (secondary N) is 2. The number of hydrogen-bond acceptors (Lipinski definition) is 4. The van der Waals surface area contributed by atoms with Gasteiger partial charge < -0.3 is 9.90 Å². The van der Waals surface area contributed by atoms with E-state index in [0.717, 1.165) is 0 Å².